The molecule has 0 unspecified atom stereocenters. The lowest BCUT2D eigenvalue weighted by molar-refractivity contribution is 0.313. The summed E-state index contributed by atoms with van der Waals surface area (Å²) in [6.45, 7) is 3.91. The first-order valence-electron chi connectivity index (χ1n) is 8.10. The lowest BCUT2D eigenvalue weighted by atomic mass is 10.2. The van der Waals surface area contributed by atoms with Gasteiger partial charge < -0.3 is 15.1 Å². The van der Waals surface area contributed by atoms with Crippen LogP contribution in [0.25, 0.3) is 0 Å². The second-order valence-electron chi connectivity index (χ2n) is 6.06. The average Bonchev–Trinajstić information content (AvgIpc) is 2.62. The first-order chi connectivity index (χ1) is 11.6. The third kappa shape index (κ3) is 3.88. The molecule has 2 aromatic rings. The van der Waals surface area contributed by atoms with E-state index in [1.807, 2.05) is 30.3 Å². The van der Waals surface area contributed by atoms with Crippen LogP contribution < -0.4 is 10.2 Å². The second-order valence-corrected chi connectivity index (χ2v) is 8.05. The number of likely N-dealkylation sites (N-methyl/N-ethyl adjacent to an activating group) is 1. The van der Waals surface area contributed by atoms with Gasteiger partial charge in [0.1, 0.15) is 5.88 Å². The fraction of sp³-hybridized carbons (Fsp3) is 0.333. The molecule has 0 saturated carbocycles. The highest BCUT2D eigenvalue weighted by molar-refractivity contribution is 7.91. The number of nitrogens with zero attached hydrogens (tertiary/aromatic N) is 2. The smallest absolute Gasteiger partial charge is 0.196 e. The van der Waals surface area contributed by atoms with Gasteiger partial charge in [-0.05, 0) is 31.3 Å². The molecule has 0 aromatic heterocycles. The number of hydrogen-bond acceptors (Lipinski definition) is 5. The molecule has 3 rings (SSSR count). The van der Waals surface area contributed by atoms with E-state index in [2.05, 4.69) is 22.2 Å². The number of sulfone groups is 1. The quantitative estimate of drug-likeness (QED) is 0.901. The van der Waals surface area contributed by atoms with Gasteiger partial charge in [0.15, 0.2) is 9.84 Å². The Bertz CT molecular complexity index is 770. The summed E-state index contributed by atoms with van der Waals surface area (Å²) < 4.78 is 24.9. The minimum absolute atomic E-state index is 0.109. The van der Waals surface area contributed by atoms with Crippen LogP contribution in [0.15, 0.2) is 59.5 Å². The van der Waals surface area contributed by atoms with Crippen molar-refractivity contribution in [3.63, 3.8) is 0 Å². The maximum absolute atomic E-state index is 12.5. The fourth-order valence-corrected chi connectivity index (χ4v) is 3.91. The maximum Gasteiger partial charge on any atom is 0.196 e. The Balaban J connectivity index is 1.74. The molecule has 2 aromatic carbocycles. The standard InChI is InChI=1S/C18H23N3O2S/c1-20-11-13-21(14-12-20)18-10-6-5-9-17(18)19-15-24(22,23)16-7-3-2-4-8-16/h2-10,19H,11-15H2,1H3. The minimum Gasteiger partial charge on any atom is -0.370 e. The lowest BCUT2D eigenvalue weighted by Crippen LogP contribution is -2.44. The Morgan fingerprint density at radius 3 is 2.25 bits per heavy atom. The molecule has 0 aliphatic carbocycles. The Hall–Kier alpha value is -2.05. The third-order valence-electron chi connectivity index (χ3n) is 4.30. The van der Waals surface area contributed by atoms with E-state index >= 15 is 0 Å². The van der Waals surface area contributed by atoms with Crippen LogP contribution in [0.3, 0.4) is 0 Å². The maximum atomic E-state index is 12.5. The third-order valence-corrected chi connectivity index (χ3v) is 5.82. The van der Waals surface area contributed by atoms with Gasteiger partial charge in [-0.25, -0.2) is 8.42 Å². The summed E-state index contributed by atoms with van der Waals surface area (Å²) in [5, 5.41) is 3.12. The Kier molecular flexibility index (Phi) is 5.06. The van der Waals surface area contributed by atoms with Crippen LogP contribution in [-0.2, 0) is 9.84 Å². The summed E-state index contributed by atoms with van der Waals surface area (Å²) in [4.78, 5) is 4.94. The number of rotatable bonds is 5. The highest BCUT2D eigenvalue weighted by Gasteiger charge is 2.18. The van der Waals surface area contributed by atoms with Gasteiger partial charge in [0.2, 0.25) is 0 Å². The van der Waals surface area contributed by atoms with Crippen LogP contribution in [0, 0.1) is 0 Å². The molecule has 0 radical (unpaired) electrons. The van der Waals surface area contributed by atoms with Crippen molar-refractivity contribution in [2.75, 3.05) is 49.3 Å². The summed E-state index contributed by atoms with van der Waals surface area (Å²) in [6, 6.07) is 16.5. The average molecular weight is 345 g/mol. The SMILES string of the molecule is CN1CCN(c2ccccc2NCS(=O)(=O)c2ccccc2)CC1. The van der Waals surface area contributed by atoms with E-state index in [9.17, 15) is 8.42 Å². The van der Waals surface area contributed by atoms with Gasteiger partial charge in [0.05, 0.1) is 16.3 Å². The van der Waals surface area contributed by atoms with Gasteiger partial charge >= 0.3 is 0 Å². The molecule has 1 saturated heterocycles. The highest BCUT2D eigenvalue weighted by Crippen LogP contribution is 2.27. The summed E-state index contributed by atoms with van der Waals surface area (Å²) in [6.07, 6.45) is 0. The summed E-state index contributed by atoms with van der Waals surface area (Å²) in [5.74, 6) is -0.109. The Morgan fingerprint density at radius 1 is 0.917 bits per heavy atom. The van der Waals surface area contributed by atoms with Gasteiger partial charge in [0, 0.05) is 26.2 Å². The predicted octanol–water partition coefficient (Wildman–Crippen LogP) is 2.28. The van der Waals surface area contributed by atoms with Crippen LogP contribution in [0.5, 0.6) is 0 Å². The molecule has 1 N–H and O–H groups in total. The molecule has 1 fully saturated rings. The van der Waals surface area contributed by atoms with Crippen molar-refractivity contribution >= 4 is 21.2 Å². The van der Waals surface area contributed by atoms with Gasteiger partial charge in [-0.15, -0.1) is 0 Å². The summed E-state index contributed by atoms with van der Waals surface area (Å²) in [7, 11) is -1.23. The Labute approximate surface area is 143 Å². The number of hydrogen-bond donors (Lipinski definition) is 1. The van der Waals surface area contributed by atoms with Crippen molar-refractivity contribution in [3.8, 4) is 0 Å². The lowest BCUT2D eigenvalue weighted by Gasteiger charge is -2.35. The highest BCUT2D eigenvalue weighted by atomic mass is 32.2. The molecule has 0 amide bonds. The van der Waals surface area contributed by atoms with Crippen molar-refractivity contribution in [2.45, 2.75) is 4.90 Å². The van der Waals surface area contributed by atoms with Gasteiger partial charge in [-0.2, -0.15) is 0 Å². The van der Waals surface area contributed by atoms with Crippen molar-refractivity contribution in [2.24, 2.45) is 0 Å². The first kappa shape index (κ1) is 16.8. The van der Waals surface area contributed by atoms with Crippen molar-refractivity contribution in [1.29, 1.82) is 0 Å². The van der Waals surface area contributed by atoms with Crippen molar-refractivity contribution < 1.29 is 8.42 Å². The number of benzene rings is 2. The molecule has 24 heavy (non-hydrogen) atoms. The zero-order chi connectivity index (χ0) is 17.0. The molecule has 0 spiro atoms. The van der Waals surface area contributed by atoms with Crippen molar-refractivity contribution in [1.82, 2.24) is 4.90 Å². The number of nitrogens with one attached hydrogen (secondary N) is 1. The van der Waals surface area contributed by atoms with Crippen LogP contribution in [0.1, 0.15) is 0 Å². The van der Waals surface area contributed by atoms with E-state index in [0.29, 0.717) is 4.90 Å². The number of anilines is 2. The molecular weight excluding hydrogens is 322 g/mol. The second kappa shape index (κ2) is 7.23. The Morgan fingerprint density at radius 2 is 1.54 bits per heavy atom. The van der Waals surface area contributed by atoms with Crippen molar-refractivity contribution in [3.05, 3.63) is 54.6 Å². The fourth-order valence-electron chi connectivity index (χ4n) is 2.83. The normalized spacial score (nSPS) is 16.1. The van der Waals surface area contributed by atoms with Crippen LogP contribution in [-0.4, -0.2) is 52.4 Å². The summed E-state index contributed by atoms with van der Waals surface area (Å²) >= 11 is 0. The predicted molar refractivity (Wildman–Crippen MR) is 98.3 cm³/mol. The molecule has 5 nitrogen and oxygen atoms in total. The first-order valence-corrected chi connectivity index (χ1v) is 9.76. The van der Waals surface area contributed by atoms with Gasteiger partial charge in [-0.1, -0.05) is 30.3 Å². The topological polar surface area (TPSA) is 52.6 Å². The van der Waals surface area contributed by atoms with E-state index in [1.165, 1.54) is 0 Å². The van der Waals surface area contributed by atoms with Crippen LogP contribution in [0.4, 0.5) is 11.4 Å². The molecule has 1 aliphatic rings. The molecule has 0 bridgehead atoms. The van der Waals surface area contributed by atoms with E-state index in [-0.39, 0.29) is 5.88 Å². The summed E-state index contributed by atoms with van der Waals surface area (Å²) in [5.41, 5.74) is 1.93. The van der Waals surface area contributed by atoms with Gasteiger partial charge in [0.25, 0.3) is 0 Å². The molecule has 128 valence electrons. The van der Waals surface area contributed by atoms with Crippen LogP contribution >= 0.6 is 0 Å². The molecule has 1 aliphatic heterocycles. The monoisotopic (exact) mass is 345 g/mol. The van der Waals surface area contributed by atoms with Crippen LogP contribution in [0.2, 0.25) is 0 Å². The molecule has 1 heterocycles. The largest absolute Gasteiger partial charge is 0.370 e. The van der Waals surface area contributed by atoms with E-state index in [1.54, 1.807) is 24.3 Å². The zero-order valence-electron chi connectivity index (χ0n) is 13.9. The van der Waals surface area contributed by atoms with E-state index in [4.69, 9.17) is 0 Å². The molecule has 0 atom stereocenters. The zero-order valence-corrected chi connectivity index (χ0v) is 14.7. The van der Waals surface area contributed by atoms with E-state index in [0.717, 1.165) is 37.6 Å². The minimum atomic E-state index is -3.35. The molecule has 6 heteroatoms. The number of piperazine rings is 1. The van der Waals surface area contributed by atoms with E-state index < -0.39 is 9.84 Å². The molecular formula is C18H23N3O2S. The van der Waals surface area contributed by atoms with Gasteiger partial charge in [-0.3, -0.25) is 0 Å². The number of para-hydroxylation sites is 2.